The second kappa shape index (κ2) is 5.27. The molecule has 1 saturated heterocycles. The molecule has 1 aromatic heterocycles. The van der Waals surface area contributed by atoms with Crippen molar-refractivity contribution in [1.82, 2.24) is 4.98 Å². The van der Waals surface area contributed by atoms with Gasteiger partial charge in [-0.25, -0.2) is 4.98 Å². The maximum Gasteiger partial charge on any atom is 0.128 e. The number of pyridine rings is 1. The number of aliphatic hydroxyl groups excluding tert-OH is 1. The van der Waals surface area contributed by atoms with E-state index >= 15 is 0 Å². The summed E-state index contributed by atoms with van der Waals surface area (Å²) in [4.78, 5) is 6.81. The van der Waals surface area contributed by atoms with Crippen molar-refractivity contribution in [3.63, 3.8) is 0 Å². The van der Waals surface area contributed by atoms with Gasteiger partial charge in [0.1, 0.15) is 5.82 Å². The highest BCUT2D eigenvalue weighted by molar-refractivity contribution is 5.43. The van der Waals surface area contributed by atoms with Crippen molar-refractivity contribution in [2.45, 2.75) is 46.1 Å². The maximum atomic E-state index is 9.64. The van der Waals surface area contributed by atoms with Crippen molar-refractivity contribution in [1.29, 1.82) is 0 Å². The number of anilines is 1. The highest BCUT2D eigenvalue weighted by Gasteiger charge is 2.35. The van der Waals surface area contributed by atoms with E-state index in [1.807, 2.05) is 12.1 Å². The minimum Gasteiger partial charge on any atom is -0.389 e. The average molecular weight is 248 g/mol. The van der Waals surface area contributed by atoms with Crippen LogP contribution in [0, 0.1) is 5.41 Å². The van der Waals surface area contributed by atoms with Crippen LogP contribution in [-0.4, -0.2) is 23.2 Å². The summed E-state index contributed by atoms with van der Waals surface area (Å²) in [5, 5.41) is 9.64. The fraction of sp³-hybridized carbons (Fsp3) is 0.667. The molecule has 0 aromatic carbocycles. The normalized spacial score (nSPS) is 20.1. The Morgan fingerprint density at radius 2 is 2.17 bits per heavy atom. The van der Waals surface area contributed by atoms with E-state index in [4.69, 9.17) is 0 Å². The Labute approximate surface area is 110 Å². The number of aromatic nitrogens is 1. The van der Waals surface area contributed by atoms with E-state index in [1.54, 1.807) is 13.1 Å². The molecule has 0 bridgehead atoms. The minimum atomic E-state index is -0.420. The van der Waals surface area contributed by atoms with Crippen molar-refractivity contribution in [2.75, 3.05) is 18.0 Å². The number of rotatable bonds is 4. The first-order chi connectivity index (χ1) is 8.60. The van der Waals surface area contributed by atoms with Gasteiger partial charge in [0.05, 0.1) is 6.10 Å². The third kappa shape index (κ3) is 2.51. The van der Waals surface area contributed by atoms with E-state index in [1.165, 1.54) is 19.3 Å². The highest BCUT2D eigenvalue weighted by atomic mass is 16.3. The number of nitrogens with zero attached hydrogens (tertiary/aromatic N) is 2. The third-order valence-electron chi connectivity index (χ3n) is 4.51. The first-order valence-corrected chi connectivity index (χ1v) is 6.99. The Kier molecular flexibility index (Phi) is 3.91. The Morgan fingerprint density at radius 1 is 1.44 bits per heavy atom. The zero-order valence-corrected chi connectivity index (χ0v) is 11.7. The van der Waals surface area contributed by atoms with Crippen molar-refractivity contribution in [3.05, 3.63) is 23.9 Å². The van der Waals surface area contributed by atoms with E-state index < -0.39 is 6.10 Å². The van der Waals surface area contributed by atoms with Crippen LogP contribution in [0.1, 0.15) is 51.7 Å². The molecule has 1 atom stereocenters. The van der Waals surface area contributed by atoms with Crippen molar-refractivity contribution in [3.8, 4) is 0 Å². The van der Waals surface area contributed by atoms with E-state index in [9.17, 15) is 5.11 Å². The van der Waals surface area contributed by atoms with Crippen molar-refractivity contribution < 1.29 is 5.11 Å². The molecule has 0 unspecified atom stereocenters. The standard InChI is InChI=1S/C15H24N2O/c1-4-15(5-2)7-9-17(11-15)14-10-13(12(3)18)6-8-16-14/h6,8,10,12,18H,4-5,7,9,11H2,1-3H3/t12-/m0/s1. The molecular formula is C15H24N2O. The quantitative estimate of drug-likeness (QED) is 0.889. The van der Waals surface area contributed by atoms with Crippen LogP contribution in [-0.2, 0) is 0 Å². The van der Waals surface area contributed by atoms with Crippen LogP contribution in [0.4, 0.5) is 5.82 Å². The van der Waals surface area contributed by atoms with Gasteiger partial charge in [-0.3, -0.25) is 0 Å². The molecule has 1 N–H and O–H groups in total. The van der Waals surface area contributed by atoms with Gasteiger partial charge in [0.15, 0.2) is 0 Å². The monoisotopic (exact) mass is 248 g/mol. The van der Waals surface area contributed by atoms with Gasteiger partial charge < -0.3 is 10.0 Å². The van der Waals surface area contributed by atoms with Gasteiger partial charge in [0.2, 0.25) is 0 Å². The van der Waals surface area contributed by atoms with Gasteiger partial charge in [-0.15, -0.1) is 0 Å². The molecule has 1 fully saturated rings. The fourth-order valence-electron chi connectivity index (χ4n) is 2.82. The lowest BCUT2D eigenvalue weighted by molar-refractivity contribution is 0.199. The average Bonchev–Trinajstić information content (AvgIpc) is 2.84. The second-order valence-corrected chi connectivity index (χ2v) is 5.50. The third-order valence-corrected chi connectivity index (χ3v) is 4.51. The molecule has 0 saturated carbocycles. The molecule has 100 valence electrons. The maximum absolute atomic E-state index is 9.64. The van der Waals surface area contributed by atoms with Crippen molar-refractivity contribution in [2.24, 2.45) is 5.41 Å². The van der Waals surface area contributed by atoms with Gasteiger partial charge in [-0.1, -0.05) is 13.8 Å². The Hall–Kier alpha value is -1.09. The van der Waals surface area contributed by atoms with Gasteiger partial charge >= 0.3 is 0 Å². The largest absolute Gasteiger partial charge is 0.389 e. The summed E-state index contributed by atoms with van der Waals surface area (Å²) < 4.78 is 0. The molecule has 1 aliphatic heterocycles. The molecule has 0 radical (unpaired) electrons. The number of hydrogen-bond donors (Lipinski definition) is 1. The van der Waals surface area contributed by atoms with Crippen LogP contribution >= 0.6 is 0 Å². The highest BCUT2D eigenvalue weighted by Crippen LogP contribution is 2.38. The summed E-state index contributed by atoms with van der Waals surface area (Å²) in [5.41, 5.74) is 1.41. The summed E-state index contributed by atoms with van der Waals surface area (Å²) >= 11 is 0. The minimum absolute atomic E-state index is 0.420. The molecular weight excluding hydrogens is 224 g/mol. The Morgan fingerprint density at radius 3 is 2.72 bits per heavy atom. The van der Waals surface area contributed by atoms with Crippen LogP contribution < -0.4 is 4.90 Å². The predicted molar refractivity (Wildman–Crippen MR) is 74.7 cm³/mol. The van der Waals surface area contributed by atoms with E-state index in [0.717, 1.165) is 24.5 Å². The molecule has 1 aromatic rings. The van der Waals surface area contributed by atoms with E-state index in [-0.39, 0.29) is 0 Å². The zero-order valence-electron chi connectivity index (χ0n) is 11.7. The van der Waals surface area contributed by atoms with E-state index in [2.05, 4.69) is 23.7 Å². The Balaban J connectivity index is 2.16. The molecule has 18 heavy (non-hydrogen) atoms. The van der Waals surface area contributed by atoms with Crippen LogP contribution in [0.3, 0.4) is 0 Å². The molecule has 0 aliphatic carbocycles. The van der Waals surface area contributed by atoms with E-state index in [0.29, 0.717) is 5.41 Å². The molecule has 0 amide bonds. The summed E-state index contributed by atoms with van der Waals surface area (Å²) in [6.45, 7) is 8.54. The molecule has 2 heterocycles. The molecule has 3 nitrogen and oxygen atoms in total. The number of hydrogen-bond acceptors (Lipinski definition) is 3. The first kappa shape index (κ1) is 13.3. The number of aliphatic hydroxyl groups is 1. The lowest BCUT2D eigenvalue weighted by Gasteiger charge is -2.27. The molecule has 2 rings (SSSR count). The summed E-state index contributed by atoms with van der Waals surface area (Å²) in [5.74, 6) is 1.01. The SMILES string of the molecule is CCC1(CC)CCN(c2cc([C@H](C)O)ccn2)C1. The summed E-state index contributed by atoms with van der Waals surface area (Å²) in [7, 11) is 0. The van der Waals surface area contributed by atoms with Crippen LogP contribution in [0.2, 0.25) is 0 Å². The van der Waals surface area contributed by atoms with Crippen LogP contribution in [0.5, 0.6) is 0 Å². The summed E-state index contributed by atoms with van der Waals surface area (Å²) in [6.07, 6.45) is 5.10. The topological polar surface area (TPSA) is 36.4 Å². The molecule has 1 aliphatic rings. The fourth-order valence-corrected chi connectivity index (χ4v) is 2.82. The zero-order chi connectivity index (χ0) is 13.2. The van der Waals surface area contributed by atoms with Crippen LogP contribution in [0.15, 0.2) is 18.3 Å². The lowest BCUT2D eigenvalue weighted by Crippen LogP contribution is -2.26. The first-order valence-electron chi connectivity index (χ1n) is 6.99. The molecule has 0 spiro atoms. The van der Waals surface area contributed by atoms with Gasteiger partial charge in [-0.05, 0) is 49.3 Å². The van der Waals surface area contributed by atoms with Gasteiger partial charge in [0, 0.05) is 19.3 Å². The second-order valence-electron chi connectivity index (χ2n) is 5.50. The van der Waals surface area contributed by atoms with Crippen LogP contribution in [0.25, 0.3) is 0 Å². The van der Waals surface area contributed by atoms with Gasteiger partial charge in [-0.2, -0.15) is 0 Å². The molecule has 3 heteroatoms. The predicted octanol–water partition coefficient (Wildman–Crippen LogP) is 3.15. The van der Waals surface area contributed by atoms with Gasteiger partial charge in [0.25, 0.3) is 0 Å². The summed E-state index contributed by atoms with van der Waals surface area (Å²) in [6, 6.07) is 3.91. The Bertz CT molecular complexity index is 399. The smallest absolute Gasteiger partial charge is 0.128 e. The van der Waals surface area contributed by atoms with Crippen molar-refractivity contribution >= 4 is 5.82 Å². The lowest BCUT2D eigenvalue weighted by atomic mass is 9.82.